The molecule has 2 aromatic rings. The van der Waals surface area contributed by atoms with Gasteiger partial charge in [0.05, 0.1) is 9.85 Å². The third kappa shape index (κ3) is 9.86. The number of non-ortho nitro benzene ring substituents is 2. The van der Waals surface area contributed by atoms with Crippen molar-refractivity contribution in [2.24, 2.45) is 5.73 Å². The molecule has 5 N–H and O–H groups in total. The Labute approximate surface area is 202 Å². The SMILES string of the molecule is NC(CCCNCCCNC(=O)c1ccc([N+](=O)[O-])cc1)CCNC(=O)c1ccc([N+](=O)[O-])cc1. The first-order valence-corrected chi connectivity index (χ1v) is 11.3. The lowest BCUT2D eigenvalue weighted by Crippen LogP contribution is -2.31. The molecule has 0 radical (unpaired) electrons. The van der Waals surface area contributed by atoms with Crippen LogP contribution in [0, 0.1) is 20.2 Å². The second-order valence-electron chi connectivity index (χ2n) is 7.91. The zero-order valence-electron chi connectivity index (χ0n) is 19.3. The molecular weight excluding hydrogens is 456 g/mol. The van der Waals surface area contributed by atoms with Gasteiger partial charge in [-0.2, -0.15) is 0 Å². The number of nitrogens with one attached hydrogen (secondary N) is 3. The molecule has 0 aliphatic carbocycles. The van der Waals surface area contributed by atoms with Gasteiger partial charge in [-0.3, -0.25) is 29.8 Å². The summed E-state index contributed by atoms with van der Waals surface area (Å²) < 4.78 is 0. The van der Waals surface area contributed by atoms with Crippen LogP contribution >= 0.6 is 0 Å². The van der Waals surface area contributed by atoms with E-state index < -0.39 is 9.85 Å². The van der Waals surface area contributed by atoms with E-state index in [2.05, 4.69) is 16.0 Å². The molecule has 35 heavy (non-hydrogen) atoms. The summed E-state index contributed by atoms with van der Waals surface area (Å²) in [5.41, 5.74) is 6.70. The minimum atomic E-state index is -0.516. The summed E-state index contributed by atoms with van der Waals surface area (Å²) in [5.74, 6) is -0.569. The number of amides is 2. The van der Waals surface area contributed by atoms with Gasteiger partial charge in [0.1, 0.15) is 0 Å². The van der Waals surface area contributed by atoms with Crippen LogP contribution in [0.1, 0.15) is 46.4 Å². The average molecular weight is 487 g/mol. The van der Waals surface area contributed by atoms with Crippen LogP contribution in [0.4, 0.5) is 11.4 Å². The molecule has 2 aromatic carbocycles. The minimum absolute atomic E-state index is 0.0579. The van der Waals surface area contributed by atoms with Crippen molar-refractivity contribution in [2.75, 3.05) is 26.2 Å². The molecule has 0 aliphatic rings. The van der Waals surface area contributed by atoms with Crippen molar-refractivity contribution in [2.45, 2.75) is 31.7 Å². The van der Waals surface area contributed by atoms with Gasteiger partial charge in [-0.1, -0.05) is 0 Å². The maximum atomic E-state index is 12.1. The Morgan fingerprint density at radius 1 is 0.714 bits per heavy atom. The number of benzene rings is 2. The maximum absolute atomic E-state index is 12.1. The first-order chi connectivity index (χ1) is 16.8. The summed E-state index contributed by atoms with van der Waals surface area (Å²) in [6.07, 6.45) is 3.01. The van der Waals surface area contributed by atoms with Gasteiger partial charge in [0.15, 0.2) is 0 Å². The molecule has 1 unspecified atom stereocenters. The topological polar surface area (TPSA) is 183 Å². The van der Waals surface area contributed by atoms with Crippen LogP contribution in [0.15, 0.2) is 48.5 Å². The van der Waals surface area contributed by atoms with E-state index in [9.17, 15) is 29.8 Å². The smallest absolute Gasteiger partial charge is 0.269 e. The lowest BCUT2D eigenvalue weighted by Gasteiger charge is -2.13. The van der Waals surface area contributed by atoms with Gasteiger partial charge in [-0.25, -0.2) is 0 Å². The van der Waals surface area contributed by atoms with Gasteiger partial charge in [-0.05, 0) is 63.0 Å². The molecule has 12 nitrogen and oxygen atoms in total. The Morgan fingerprint density at radius 2 is 1.17 bits per heavy atom. The Balaban J connectivity index is 1.48. The summed E-state index contributed by atoms with van der Waals surface area (Å²) in [5, 5.41) is 30.1. The van der Waals surface area contributed by atoms with E-state index >= 15 is 0 Å². The number of nitrogens with zero attached hydrogens (tertiary/aromatic N) is 2. The van der Waals surface area contributed by atoms with Crippen LogP contribution in [0.2, 0.25) is 0 Å². The Bertz CT molecular complexity index is 997. The molecule has 2 rings (SSSR count). The molecule has 0 aromatic heterocycles. The van der Waals surface area contributed by atoms with Gasteiger partial charge < -0.3 is 21.7 Å². The molecule has 1 atom stereocenters. The van der Waals surface area contributed by atoms with Crippen LogP contribution in [0.3, 0.4) is 0 Å². The minimum Gasteiger partial charge on any atom is -0.352 e. The quantitative estimate of drug-likeness (QED) is 0.168. The van der Waals surface area contributed by atoms with Gasteiger partial charge in [-0.15, -0.1) is 0 Å². The maximum Gasteiger partial charge on any atom is 0.269 e. The lowest BCUT2D eigenvalue weighted by molar-refractivity contribution is -0.385. The monoisotopic (exact) mass is 486 g/mol. The molecule has 0 saturated heterocycles. The first-order valence-electron chi connectivity index (χ1n) is 11.3. The predicted octanol–water partition coefficient (Wildman–Crippen LogP) is 2.14. The van der Waals surface area contributed by atoms with Crippen LogP contribution in [-0.2, 0) is 0 Å². The van der Waals surface area contributed by atoms with Crippen LogP contribution in [0.5, 0.6) is 0 Å². The van der Waals surface area contributed by atoms with Crippen molar-refractivity contribution in [3.63, 3.8) is 0 Å². The fourth-order valence-corrected chi connectivity index (χ4v) is 3.22. The number of carbonyl (C=O) groups is 2. The number of rotatable bonds is 15. The second-order valence-corrected chi connectivity index (χ2v) is 7.91. The standard InChI is InChI=1S/C23H30N6O6/c24-19(12-16-27-23(31)18-6-10-21(11-7-18)29(34)35)3-1-13-25-14-2-15-26-22(30)17-4-8-20(9-5-17)28(32)33/h4-11,19,25H,1-3,12-16,24H2,(H,26,30)(H,27,31). The summed E-state index contributed by atoms with van der Waals surface area (Å²) in [6.45, 7) is 2.40. The fraction of sp³-hybridized carbons (Fsp3) is 0.391. The highest BCUT2D eigenvalue weighted by atomic mass is 16.6. The van der Waals surface area contributed by atoms with Gasteiger partial charge in [0.2, 0.25) is 0 Å². The highest BCUT2D eigenvalue weighted by Gasteiger charge is 2.11. The summed E-state index contributed by atoms with van der Waals surface area (Å²) >= 11 is 0. The number of nitrogens with two attached hydrogens (primary N) is 1. The molecule has 12 heteroatoms. The molecule has 2 amide bonds. The second kappa shape index (κ2) is 14.4. The summed E-state index contributed by atoms with van der Waals surface area (Å²) in [4.78, 5) is 44.4. The molecule has 0 aliphatic heterocycles. The van der Waals surface area contributed by atoms with Crippen LogP contribution in [-0.4, -0.2) is 53.9 Å². The Hall–Kier alpha value is -3.90. The van der Waals surface area contributed by atoms with Crippen molar-refractivity contribution in [3.8, 4) is 0 Å². The van der Waals surface area contributed by atoms with Crippen LogP contribution < -0.4 is 21.7 Å². The largest absolute Gasteiger partial charge is 0.352 e. The molecule has 0 saturated carbocycles. The Kier molecular flexibility index (Phi) is 11.2. The van der Waals surface area contributed by atoms with E-state index in [1.54, 1.807) is 0 Å². The van der Waals surface area contributed by atoms with E-state index in [-0.39, 0.29) is 29.2 Å². The fourth-order valence-electron chi connectivity index (χ4n) is 3.22. The normalized spacial score (nSPS) is 11.5. The van der Waals surface area contributed by atoms with Crippen molar-refractivity contribution in [3.05, 3.63) is 79.9 Å². The van der Waals surface area contributed by atoms with Gasteiger partial charge in [0, 0.05) is 54.5 Å². The van der Waals surface area contributed by atoms with E-state index in [1.807, 2.05) is 0 Å². The third-order valence-electron chi connectivity index (χ3n) is 5.23. The number of carbonyl (C=O) groups excluding carboxylic acids is 2. The van der Waals surface area contributed by atoms with Crippen molar-refractivity contribution in [1.29, 1.82) is 0 Å². The lowest BCUT2D eigenvalue weighted by atomic mass is 10.1. The zero-order valence-corrected chi connectivity index (χ0v) is 19.3. The molecule has 0 fully saturated rings. The molecule has 0 spiro atoms. The van der Waals surface area contributed by atoms with E-state index in [4.69, 9.17) is 5.73 Å². The Morgan fingerprint density at radius 3 is 1.66 bits per heavy atom. The van der Waals surface area contributed by atoms with E-state index in [0.29, 0.717) is 30.6 Å². The zero-order chi connectivity index (χ0) is 25.6. The van der Waals surface area contributed by atoms with Gasteiger partial charge in [0.25, 0.3) is 23.2 Å². The predicted molar refractivity (Wildman–Crippen MR) is 130 cm³/mol. The number of hydrogen-bond acceptors (Lipinski definition) is 8. The van der Waals surface area contributed by atoms with Crippen molar-refractivity contribution < 1.29 is 19.4 Å². The number of nitro groups is 2. The van der Waals surface area contributed by atoms with Crippen molar-refractivity contribution in [1.82, 2.24) is 16.0 Å². The van der Waals surface area contributed by atoms with Crippen LogP contribution in [0.25, 0.3) is 0 Å². The van der Waals surface area contributed by atoms with Gasteiger partial charge >= 0.3 is 0 Å². The van der Waals surface area contributed by atoms with E-state index in [1.165, 1.54) is 48.5 Å². The average Bonchev–Trinajstić information content (AvgIpc) is 2.85. The molecule has 0 heterocycles. The summed E-state index contributed by atoms with van der Waals surface area (Å²) in [7, 11) is 0. The molecule has 188 valence electrons. The summed E-state index contributed by atoms with van der Waals surface area (Å²) in [6, 6.07) is 10.8. The third-order valence-corrected chi connectivity index (χ3v) is 5.23. The molecular formula is C23H30N6O6. The first kappa shape index (κ1) is 27.3. The number of hydrogen-bond donors (Lipinski definition) is 4. The molecule has 0 bridgehead atoms. The van der Waals surface area contributed by atoms with Crippen molar-refractivity contribution >= 4 is 23.2 Å². The highest BCUT2D eigenvalue weighted by molar-refractivity contribution is 5.94. The highest BCUT2D eigenvalue weighted by Crippen LogP contribution is 2.12. The number of nitro benzene ring substituents is 2. The van der Waals surface area contributed by atoms with E-state index in [0.717, 1.165) is 32.4 Å².